The number of hydrogen-bond donors (Lipinski definition) is 2. The molecule has 0 saturated heterocycles. The van der Waals surface area contributed by atoms with Crippen molar-refractivity contribution in [1.29, 1.82) is 0 Å². The third-order valence-electron chi connectivity index (χ3n) is 2.57. The van der Waals surface area contributed by atoms with E-state index in [9.17, 15) is 0 Å². The number of anilines is 2. The van der Waals surface area contributed by atoms with E-state index in [4.69, 9.17) is 10.5 Å². The molecule has 88 valence electrons. The summed E-state index contributed by atoms with van der Waals surface area (Å²) >= 11 is 0. The number of methoxy groups -OCH3 is 1. The van der Waals surface area contributed by atoms with Crippen molar-refractivity contribution in [2.75, 3.05) is 12.4 Å². The first kappa shape index (κ1) is 11.5. The fourth-order valence-corrected chi connectivity index (χ4v) is 1.57. The van der Waals surface area contributed by atoms with Crippen LogP contribution in [0.15, 0.2) is 48.5 Å². The van der Waals surface area contributed by atoms with Gasteiger partial charge in [-0.3, -0.25) is 0 Å². The van der Waals surface area contributed by atoms with Gasteiger partial charge in [-0.1, -0.05) is 12.1 Å². The van der Waals surface area contributed by atoms with Crippen LogP contribution in [0.1, 0.15) is 5.56 Å². The first-order valence-electron chi connectivity index (χ1n) is 5.52. The molecule has 0 saturated carbocycles. The van der Waals surface area contributed by atoms with E-state index >= 15 is 0 Å². The number of benzene rings is 2. The van der Waals surface area contributed by atoms with Crippen molar-refractivity contribution in [3.8, 4) is 5.75 Å². The minimum absolute atomic E-state index is 0.572. The Labute approximate surface area is 101 Å². The number of ether oxygens (including phenoxy) is 1. The molecule has 2 rings (SSSR count). The van der Waals surface area contributed by atoms with Gasteiger partial charge in [0.1, 0.15) is 5.75 Å². The highest BCUT2D eigenvalue weighted by atomic mass is 16.5. The van der Waals surface area contributed by atoms with E-state index in [1.165, 1.54) is 0 Å². The number of rotatable bonds is 4. The van der Waals surface area contributed by atoms with Gasteiger partial charge >= 0.3 is 0 Å². The Kier molecular flexibility index (Phi) is 3.62. The number of nitrogens with one attached hydrogen (secondary N) is 1. The van der Waals surface area contributed by atoms with Crippen LogP contribution in [0, 0.1) is 0 Å². The lowest BCUT2D eigenvalue weighted by Crippen LogP contribution is -1.96. The molecule has 0 radical (unpaired) electrons. The maximum Gasteiger partial charge on any atom is 0.119 e. The van der Waals surface area contributed by atoms with Crippen LogP contribution in [0.2, 0.25) is 0 Å². The summed E-state index contributed by atoms with van der Waals surface area (Å²) in [6.45, 7) is 0.572. The first-order chi connectivity index (χ1) is 8.31. The first-order valence-corrected chi connectivity index (χ1v) is 5.52. The van der Waals surface area contributed by atoms with E-state index in [1.54, 1.807) is 7.11 Å². The third kappa shape index (κ3) is 2.98. The highest BCUT2D eigenvalue weighted by Crippen LogP contribution is 2.20. The maximum absolute atomic E-state index is 5.55. The van der Waals surface area contributed by atoms with Crippen LogP contribution in [0.3, 0.4) is 0 Å². The quantitative estimate of drug-likeness (QED) is 0.845. The fourth-order valence-electron chi connectivity index (χ4n) is 1.57. The minimum atomic E-state index is 0.572. The summed E-state index contributed by atoms with van der Waals surface area (Å²) in [5.74, 6) is 0.856. The zero-order valence-corrected chi connectivity index (χ0v) is 9.81. The second-order valence-corrected chi connectivity index (χ2v) is 3.75. The molecule has 2 aromatic rings. The van der Waals surface area contributed by atoms with Gasteiger partial charge in [0.15, 0.2) is 0 Å². The second kappa shape index (κ2) is 5.37. The molecule has 3 N–H and O–H groups in total. The predicted octanol–water partition coefficient (Wildman–Crippen LogP) is 2.90. The molecule has 0 unspecified atom stereocenters. The van der Waals surface area contributed by atoms with Crippen LogP contribution >= 0.6 is 0 Å². The van der Waals surface area contributed by atoms with E-state index in [0.717, 1.165) is 22.7 Å². The van der Waals surface area contributed by atoms with Crippen molar-refractivity contribution < 1.29 is 4.74 Å². The van der Waals surface area contributed by atoms with Crippen molar-refractivity contribution in [3.05, 3.63) is 54.1 Å². The molecule has 2 aromatic carbocycles. The van der Waals surface area contributed by atoms with E-state index in [0.29, 0.717) is 6.54 Å². The molecule has 0 fully saturated rings. The van der Waals surface area contributed by atoms with Crippen molar-refractivity contribution in [3.63, 3.8) is 0 Å². The molecule has 3 nitrogen and oxygen atoms in total. The highest BCUT2D eigenvalue weighted by molar-refractivity contribution is 5.60. The summed E-state index contributed by atoms with van der Waals surface area (Å²) in [7, 11) is 1.66. The normalized spacial score (nSPS) is 10.0. The summed E-state index contributed by atoms with van der Waals surface area (Å²) in [6, 6.07) is 15.9. The lowest BCUT2D eigenvalue weighted by Gasteiger charge is -2.07. The maximum atomic E-state index is 5.55. The number of nitrogens with two attached hydrogens (primary N) is 1. The zero-order chi connectivity index (χ0) is 12.1. The van der Waals surface area contributed by atoms with Crippen molar-refractivity contribution in [1.82, 2.24) is 0 Å². The Balaban J connectivity index is 2.08. The Morgan fingerprint density at radius 3 is 1.94 bits per heavy atom. The molecule has 3 heteroatoms. The Hall–Kier alpha value is -2.00. The highest BCUT2D eigenvalue weighted by Gasteiger charge is 1.96. The van der Waals surface area contributed by atoms with Gasteiger partial charge in [0.05, 0.1) is 7.11 Å². The van der Waals surface area contributed by atoms with Crippen LogP contribution in [-0.2, 0) is 6.54 Å². The van der Waals surface area contributed by atoms with Gasteiger partial charge in [0.2, 0.25) is 0 Å². The minimum Gasteiger partial charge on any atom is -0.497 e. The van der Waals surface area contributed by atoms with Crippen LogP contribution in [0.4, 0.5) is 11.4 Å². The van der Waals surface area contributed by atoms with E-state index in [2.05, 4.69) is 5.32 Å². The van der Waals surface area contributed by atoms with E-state index in [1.807, 2.05) is 48.5 Å². The lowest BCUT2D eigenvalue weighted by molar-refractivity contribution is 0.415. The Bertz CT molecular complexity index is 417. The molecule has 0 atom stereocenters. The monoisotopic (exact) mass is 228 g/mol. The molecular weight excluding hydrogens is 212 g/mol. The van der Waals surface area contributed by atoms with Crippen LogP contribution < -0.4 is 15.8 Å². The summed E-state index contributed by atoms with van der Waals surface area (Å²) in [4.78, 5) is 0. The van der Waals surface area contributed by atoms with Gasteiger partial charge in [-0.15, -0.1) is 0 Å². The van der Waals surface area contributed by atoms with E-state index < -0.39 is 0 Å². The largest absolute Gasteiger partial charge is 0.497 e. The van der Waals surface area contributed by atoms with Gasteiger partial charge in [0.25, 0.3) is 0 Å². The standard InChI is InChI=1S/C14H16N2O/c1-17-14-8-6-13(7-9-14)16-12-4-2-11(10-15)3-5-12/h2-9,16H,10,15H2,1H3. The molecule has 17 heavy (non-hydrogen) atoms. The SMILES string of the molecule is COc1ccc(Nc2ccc(CN)cc2)cc1. The predicted molar refractivity (Wildman–Crippen MR) is 70.6 cm³/mol. The van der Waals surface area contributed by atoms with Gasteiger partial charge in [-0.05, 0) is 42.0 Å². The molecule has 0 aliphatic rings. The molecule has 0 aliphatic heterocycles. The average molecular weight is 228 g/mol. The molecule has 0 spiro atoms. The fraction of sp³-hybridized carbons (Fsp3) is 0.143. The molecule has 0 amide bonds. The topological polar surface area (TPSA) is 47.3 Å². The van der Waals surface area contributed by atoms with E-state index in [-0.39, 0.29) is 0 Å². The van der Waals surface area contributed by atoms with Crippen LogP contribution in [0.5, 0.6) is 5.75 Å². The molecule has 0 heterocycles. The summed E-state index contributed by atoms with van der Waals surface area (Å²) < 4.78 is 5.11. The summed E-state index contributed by atoms with van der Waals surface area (Å²) in [5, 5.41) is 3.31. The molecule has 0 bridgehead atoms. The Morgan fingerprint density at radius 2 is 1.47 bits per heavy atom. The van der Waals surface area contributed by atoms with Gasteiger partial charge in [-0.25, -0.2) is 0 Å². The number of hydrogen-bond acceptors (Lipinski definition) is 3. The molecule has 0 aliphatic carbocycles. The average Bonchev–Trinajstić information content (AvgIpc) is 2.40. The molecular formula is C14H16N2O. The summed E-state index contributed by atoms with van der Waals surface area (Å²) in [6.07, 6.45) is 0. The van der Waals surface area contributed by atoms with Crippen LogP contribution in [-0.4, -0.2) is 7.11 Å². The van der Waals surface area contributed by atoms with Crippen molar-refractivity contribution in [2.24, 2.45) is 5.73 Å². The third-order valence-corrected chi connectivity index (χ3v) is 2.57. The van der Waals surface area contributed by atoms with Crippen molar-refractivity contribution in [2.45, 2.75) is 6.54 Å². The Morgan fingerprint density at radius 1 is 0.941 bits per heavy atom. The van der Waals surface area contributed by atoms with Gasteiger partial charge < -0.3 is 15.8 Å². The van der Waals surface area contributed by atoms with Crippen LogP contribution in [0.25, 0.3) is 0 Å². The second-order valence-electron chi connectivity index (χ2n) is 3.75. The summed E-state index contributed by atoms with van der Waals surface area (Å²) in [5.41, 5.74) is 8.76. The molecule has 0 aromatic heterocycles. The zero-order valence-electron chi connectivity index (χ0n) is 9.81. The smallest absolute Gasteiger partial charge is 0.119 e. The van der Waals surface area contributed by atoms with Gasteiger partial charge in [0, 0.05) is 17.9 Å². The van der Waals surface area contributed by atoms with Crippen molar-refractivity contribution >= 4 is 11.4 Å². The lowest BCUT2D eigenvalue weighted by atomic mass is 10.2. The van der Waals surface area contributed by atoms with Gasteiger partial charge in [-0.2, -0.15) is 0 Å².